The van der Waals surface area contributed by atoms with Crippen LogP contribution in [0.1, 0.15) is 49.9 Å². The number of carbonyl (C=O) groups excluding carboxylic acids is 2. The van der Waals surface area contributed by atoms with E-state index in [1.165, 1.54) is 0 Å². The third-order valence-electron chi connectivity index (χ3n) is 3.28. The van der Waals surface area contributed by atoms with Gasteiger partial charge in [0.1, 0.15) is 11.8 Å². The van der Waals surface area contributed by atoms with E-state index >= 15 is 0 Å². The second kappa shape index (κ2) is 9.61. The molecule has 2 N–H and O–H groups in total. The molecule has 6 heteroatoms. The molecule has 1 amide bonds. The van der Waals surface area contributed by atoms with Gasteiger partial charge in [-0.15, -0.1) is 0 Å². The number of rotatable bonds is 10. The number of amides is 1. The summed E-state index contributed by atoms with van der Waals surface area (Å²) in [6.45, 7) is 4.27. The third-order valence-corrected chi connectivity index (χ3v) is 3.28. The minimum atomic E-state index is -1.06. The zero-order valence-corrected chi connectivity index (χ0v) is 13.5. The fraction of sp³-hybridized carbons (Fsp3) is 0.471. The lowest BCUT2D eigenvalue weighted by atomic mass is 10.1. The molecule has 6 nitrogen and oxygen atoms in total. The molecule has 0 aliphatic rings. The van der Waals surface area contributed by atoms with Crippen molar-refractivity contribution >= 4 is 17.7 Å². The molecule has 1 rings (SSSR count). The van der Waals surface area contributed by atoms with E-state index in [-0.39, 0.29) is 18.6 Å². The van der Waals surface area contributed by atoms with Crippen LogP contribution in [0, 0.1) is 0 Å². The van der Waals surface area contributed by atoms with E-state index in [0.29, 0.717) is 30.8 Å². The fourth-order valence-electron chi connectivity index (χ4n) is 2.09. The van der Waals surface area contributed by atoms with E-state index in [1.807, 2.05) is 13.8 Å². The van der Waals surface area contributed by atoms with Gasteiger partial charge in [-0.2, -0.15) is 0 Å². The molecule has 0 fully saturated rings. The van der Waals surface area contributed by atoms with Crippen LogP contribution in [-0.4, -0.2) is 35.4 Å². The molecule has 0 saturated carbocycles. The second-order valence-corrected chi connectivity index (χ2v) is 5.13. The largest absolute Gasteiger partial charge is 0.494 e. The molecule has 0 radical (unpaired) electrons. The molecular formula is C17H23NO5. The Bertz CT molecular complexity index is 538. The number of carboxylic acid groups (broad SMARTS) is 1. The van der Waals surface area contributed by atoms with Gasteiger partial charge in [0.2, 0.25) is 5.91 Å². The number of hydrogen-bond donors (Lipinski definition) is 2. The number of Topliss-reactive ketones (excluding diaryl/α,β-unsaturated/α-hetero) is 1. The van der Waals surface area contributed by atoms with E-state index in [4.69, 9.17) is 9.84 Å². The number of ether oxygens (including phenoxy) is 1. The summed E-state index contributed by atoms with van der Waals surface area (Å²) in [5.41, 5.74) is 0.504. The van der Waals surface area contributed by atoms with Crippen molar-refractivity contribution in [3.8, 4) is 5.75 Å². The Morgan fingerprint density at radius 1 is 1.13 bits per heavy atom. The summed E-state index contributed by atoms with van der Waals surface area (Å²) in [7, 11) is 0. The monoisotopic (exact) mass is 321 g/mol. The van der Waals surface area contributed by atoms with Crippen LogP contribution >= 0.6 is 0 Å². The zero-order valence-electron chi connectivity index (χ0n) is 13.5. The number of benzene rings is 1. The van der Waals surface area contributed by atoms with Gasteiger partial charge in [0.25, 0.3) is 0 Å². The Labute approximate surface area is 135 Å². The van der Waals surface area contributed by atoms with Crippen molar-refractivity contribution in [2.75, 3.05) is 6.61 Å². The molecule has 1 aromatic carbocycles. The van der Waals surface area contributed by atoms with Gasteiger partial charge in [-0.1, -0.05) is 13.3 Å². The van der Waals surface area contributed by atoms with Crippen LogP contribution in [0.4, 0.5) is 0 Å². The minimum Gasteiger partial charge on any atom is -0.494 e. The van der Waals surface area contributed by atoms with Crippen LogP contribution < -0.4 is 10.1 Å². The topological polar surface area (TPSA) is 92.7 Å². The summed E-state index contributed by atoms with van der Waals surface area (Å²) in [4.78, 5) is 34.8. The van der Waals surface area contributed by atoms with Gasteiger partial charge < -0.3 is 15.2 Å². The van der Waals surface area contributed by atoms with Gasteiger partial charge in [-0.25, -0.2) is 4.79 Å². The first-order valence-electron chi connectivity index (χ1n) is 7.76. The summed E-state index contributed by atoms with van der Waals surface area (Å²) in [6, 6.07) is 5.83. The zero-order chi connectivity index (χ0) is 17.2. The van der Waals surface area contributed by atoms with Crippen LogP contribution in [0.15, 0.2) is 24.3 Å². The number of nitrogens with one attached hydrogen (secondary N) is 1. The lowest BCUT2D eigenvalue weighted by molar-refractivity contribution is -0.142. The fourth-order valence-corrected chi connectivity index (χ4v) is 2.09. The number of ketones is 1. The smallest absolute Gasteiger partial charge is 0.326 e. The van der Waals surface area contributed by atoms with Crippen LogP contribution in [0.25, 0.3) is 0 Å². The van der Waals surface area contributed by atoms with Crippen molar-refractivity contribution in [3.63, 3.8) is 0 Å². The Balaban J connectivity index is 2.48. The second-order valence-electron chi connectivity index (χ2n) is 5.13. The van der Waals surface area contributed by atoms with Crippen LogP contribution in [-0.2, 0) is 9.59 Å². The summed E-state index contributed by atoms with van der Waals surface area (Å²) >= 11 is 0. The quantitative estimate of drug-likeness (QED) is 0.646. The molecule has 126 valence electrons. The molecular weight excluding hydrogens is 298 g/mol. The molecule has 1 unspecified atom stereocenters. The summed E-state index contributed by atoms with van der Waals surface area (Å²) in [5.74, 6) is -0.959. The summed E-state index contributed by atoms with van der Waals surface area (Å²) in [5, 5.41) is 11.4. The maximum absolute atomic E-state index is 12.0. The van der Waals surface area contributed by atoms with Crippen molar-refractivity contribution < 1.29 is 24.2 Å². The van der Waals surface area contributed by atoms with Gasteiger partial charge >= 0.3 is 5.97 Å². The van der Waals surface area contributed by atoms with Crippen molar-refractivity contribution in [1.82, 2.24) is 5.32 Å². The van der Waals surface area contributed by atoms with Crippen molar-refractivity contribution in [2.24, 2.45) is 0 Å². The molecule has 0 bridgehead atoms. The molecule has 23 heavy (non-hydrogen) atoms. The number of carboxylic acids is 1. The molecule has 0 spiro atoms. The van der Waals surface area contributed by atoms with Gasteiger partial charge in [0.15, 0.2) is 5.78 Å². The van der Waals surface area contributed by atoms with Crippen LogP contribution in [0.5, 0.6) is 5.75 Å². The van der Waals surface area contributed by atoms with Gasteiger partial charge in [0, 0.05) is 18.4 Å². The summed E-state index contributed by atoms with van der Waals surface area (Å²) < 4.78 is 5.30. The Morgan fingerprint density at radius 2 is 1.78 bits per heavy atom. The van der Waals surface area contributed by atoms with Crippen molar-refractivity contribution in [2.45, 2.75) is 45.6 Å². The highest BCUT2D eigenvalue weighted by Gasteiger charge is 2.19. The van der Waals surface area contributed by atoms with Gasteiger partial charge in [-0.3, -0.25) is 9.59 Å². The highest BCUT2D eigenvalue weighted by atomic mass is 16.5. The predicted molar refractivity (Wildman–Crippen MR) is 85.7 cm³/mol. The number of aliphatic carboxylic acids is 1. The number of carbonyl (C=O) groups is 3. The Kier molecular flexibility index (Phi) is 7.80. The lowest BCUT2D eigenvalue weighted by Crippen LogP contribution is -2.40. The first-order valence-corrected chi connectivity index (χ1v) is 7.76. The van der Waals surface area contributed by atoms with E-state index in [1.54, 1.807) is 24.3 Å². The SMILES string of the molecule is CCCC(NC(=O)CCC(=O)c1ccc(OCC)cc1)C(=O)O. The van der Waals surface area contributed by atoms with Crippen LogP contribution in [0.3, 0.4) is 0 Å². The van der Waals surface area contributed by atoms with E-state index in [9.17, 15) is 14.4 Å². The third kappa shape index (κ3) is 6.50. The average Bonchev–Trinajstić information content (AvgIpc) is 2.53. The lowest BCUT2D eigenvalue weighted by Gasteiger charge is -2.13. The standard InChI is InChI=1S/C17H23NO5/c1-3-5-14(17(21)22)18-16(20)11-10-15(19)12-6-8-13(9-7-12)23-4-2/h6-9,14H,3-5,10-11H2,1-2H3,(H,18,20)(H,21,22). The molecule has 0 aliphatic heterocycles. The Morgan fingerprint density at radius 3 is 2.30 bits per heavy atom. The van der Waals surface area contributed by atoms with Crippen LogP contribution in [0.2, 0.25) is 0 Å². The molecule has 0 aliphatic carbocycles. The predicted octanol–water partition coefficient (Wildman–Crippen LogP) is 2.42. The molecule has 1 aromatic rings. The van der Waals surface area contributed by atoms with E-state index in [0.717, 1.165) is 0 Å². The first kappa shape index (κ1) is 18.7. The highest BCUT2D eigenvalue weighted by molar-refractivity contribution is 5.98. The van der Waals surface area contributed by atoms with Crippen molar-refractivity contribution in [1.29, 1.82) is 0 Å². The van der Waals surface area contributed by atoms with Gasteiger partial charge in [0.05, 0.1) is 6.61 Å². The molecule has 0 aromatic heterocycles. The Hall–Kier alpha value is -2.37. The highest BCUT2D eigenvalue weighted by Crippen LogP contribution is 2.14. The summed E-state index contributed by atoms with van der Waals surface area (Å²) in [6.07, 6.45) is 1.04. The maximum atomic E-state index is 12.0. The molecule has 0 saturated heterocycles. The first-order chi connectivity index (χ1) is 11.0. The molecule has 0 heterocycles. The molecule has 1 atom stereocenters. The van der Waals surface area contributed by atoms with E-state index in [2.05, 4.69) is 5.32 Å². The maximum Gasteiger partial charge on any atom is 0.326 e. The average molecular weight is 321 g/mol. The van der Waals surface area contributed by atoms with Gasteiger partial charge in [-0.05, 0) is 37.6 Å². The van der Waals surface area contributed by atoms with Crippen molar-refractivity contribution in [3.05, 3.63) is 29.8 Å². The number of hydrogen-bond acceptors (Lipinski definition) is 4. The normalized spacial score (nSPS) is 11.6. The van der Waals surface area contributed by atoms with E-state index < -0.39 is 17.9 Å². The minimum absolute atomic E-state index is 0.0282.